The van der Waals surface area contributed by atoms with Crippen LogP contribution in [0.4, 0.5) is 0 Å². The number of carbonyl (C=O) groups is 1. The minimum absolute atomic E-state index is 0.236. The van der Waals surface area contributed by atoms with Crippen LogP contribution in [0.15, 0.2) is 35.1 Å². The van der Waals surface area contributed by atoms with Crippen molar-refractivity contribution >= 4 is 17.5 Å². The number of rotatable bonds is 3. The highest BCUT2D eigenvalue weighted by Crippen LogP contribution is 2.05. The standard InChI is InChI=1S/C10H8ClN3O2/c11-9-2-1-7(5-12-9)10(15)13-6-8-3-4-14-16-8/h1-5H,6H2,(H,13,15). The second kappa shape index (κ2) is 4.76. The minimum atomic E-state index is -0.236. The van der Waals surface area contributed by atoms with E-state index in [0.29, 0.717) is 23.0 Å². The van der Waals surface area contributed by atoms with Crippen molar-refractivity contribution in [2.45, 2.75) is 6.54 Å². The van der Waals surface area contributed by atoms with Crippen LogP contribution >= 0.6 is 11.6 Å². The van der Waals surface area contributed by atoms with E-state index >= 15 is 0 Å². The molecule has 16 heavy (non-hydrogen) atoms. The van der Waals surface area contributed by atoms with Gasteiger partial charge in [-0.25, -0.2) is 4.98 Å². The molecule has 6 heteroatoms. The summed E-state index contributed by atoms with van der Waals surface area (Å²) in [6.45, 7) is 0.293. The molecule has 0 saturated heterocycles. The number of amides is 1. The Bertz CT molecular complexity index is 467. The lowest BCUT2D eigenvalue weighted by Gasteiger charge is -2.01. The van der Waals surface area contributed by atoms with Gasteiger partial charge in [-0.3, -0.25) is 4.79 Å². The number of carbonyl (C=O) groups excluding carboxylic acids is 1. The smallest absolute Gasteiger partial charge is 0.253 e. The summed E-state index contributed by atoms with van der Waals surface area (Å²) in [7, 11) is 0. The molecule has 0 fully saturated rings. The number of hydrogen-bond acceptors (Lipinski definition) is 4. The third kappa shape index (κ3) is 2.58. The SMILES string of the molecule is O=C(NCc1ccno1)c1ccc(Cl)nc1. The predicted octanol–water partition coefficient (Wildman–Crippen LogP) is 1.65. The Kier molecular flexibility index (Phi) is 3.16. The highest BCUT2D eigenvalue weighted by atomic mass is 35.5. The van der Waals surface area contributed by atoms with E-state index in [1.165, 1.54) is 12.4 Å². The molecule has 82 valence electrons. The number of pyridine rings is 1. The van der Waals surface area contributed by atoms with Gasteiger partial charge < -0.3 is 9.84 Å². The van der Waals surface area contributed by atoms with Gasteiger partial charge in [0, 0.05) is 12.3 Å². The van der Waals surface area contributed by atoms with Crippen LogP contribution in [0.1, 0.15) is 16.1 Å². The van der Waals surface area contributed by atoms with Crippen LogP contribution in [0, 0.1) is 0 Å². The lowest BCUT2D eigenvalue weighted by molar-refractivity contribution is 0.0946. The molecular weight excluding hydrogens is 230 g/mol. The maximum absolute atomic E-state index is 11.6. The monoisotopic (exact) mass is 237 g/mol. The van der Waals surface area contributed by atoms with Crippen LogP contribution in [0.25, 0.3) is 0 Å². The summed E-state index contributed by atoms with van der Waals surface area (Å²) < 4.78 is 4.84. The fourth-order valence-corrected chi connectivity index (χ4v) is 1.22. The molecule has 0 spiro atoms. The zero-order valence-corrected chi connectivity index (χ0v) is 8.94. The highest BCUT2D eigenvalue weighted by molar-refractivity contribution is 6.29. The molecule has 2 aromatic heterocycles. The number of aromatic nitrogens is 2. The summed E-state index contributed by atoms with van der Waals surface area (Å²) >= 11 is 5.61. The number of hydrogen-bond donors (Lipinski definition) is 1. The van der Waals surface area contributed by atoms with Crippen molar-refractivity contribution in [1.82, 2.24) is 15.5 Å². The van der Waals surface area contributed by atoms with E-state index in [-0.39, 0.29) is 5.91 Å². The van der Waals surface area contributed by atoms with E-state index in [1.54, 1.807) is 18.2 Å². The third-order valence-electron chi connectivity index (χ3n) is 1.90. The molecule has 0 unspecified atom stereocenters. The Morgan fingerprint density at radius 1 is 1.44 bits per heavy atom. The molecule has 0 bridgehead atoms. The molecule has 0 aliphatic heterocycles. The maximum atomic E-state index is 11.6. The van der Waals surface area contributed by atoms with Crippen LogP contribution in [-0.2, 0) is 6.54 Å². The molecule has 0 aliphatic carbocycles. The van der Waals surface area contributed by atoms with Gasteiger partial charge in [0.05, 0.1) is 18.3 Å². The summed E-state index contributed by atoms with van der Waals surface area (Å²) in [5.41, 5.74) is 0.448. The molecular formula is C10H8ClN3O2. The molecule has 5 nitrogen and oxygen atoms in total. The maximum Gasteiger partial charge on any atom is 0.253 e. The van der Waals surface area contributed by atoms with E-state index < -0.39 is 0 Å². The number of nitrogens with zero attached hydrogens (tertiary/aromatic N) is 2. The van der Waals surface area contributed by atoms with E-state index in [1.807, 2.05) is 0 Å². The van der Waals surface area contributed by atoms with Gasteiger partial charge in [0.1, 0.15) is 5.15 Å². The largest absolute Gasteiger partial charge is 0.360 e. The van der Waals surface area contributed by atoms with Crippen LogP contribution < -0.4 is 5.32 Å². The second-order valence-electron chi connectivity index (χ2n) is 3.03. The van der Waals surface area contributed by atoms with Crippen molar-refractivity contribution in [2.24, 2.45) is 0 Å². The van der Waals surface area contributed by atoms with Gasteiger partial charge in [-0.15, -0.1) is 0 Å². The van der Waals surface area contributed by atoms with Gasteiger partial charge in [0.2, 0.25) is 0 Å². The van der Waals surface area contributed by atoms with Crippen molar-refractivity contribution in [2.75, 3.05) is 0 Å². The van der Waals surface area contributed by atoms with Crippen molar-refractivity contribution in [3.05, 3.63) is 47.1 Å². The topological polar surface area (TPSA) is 68.0 Å². The molecule has 0 atom stereocenters. The van der Waals surface area contributed by atoms with Crippen LogP contribution in [-0.4, -0.2) is 16.0 Å². The molecule has 0 radical (unpaired) electrons. The van der Waals surface area contributed by atoms with Crippen LogP contribution in [0.5, 0.6) is 0 Å². The van der Waals surface area contributed by atoms with Gasteiger partial charge in [-0.2, -0.15) is 0 Å². The third-order valence-corrected chi connectivity index (χ3v) is 2.13. The lowest BCUT2D eigenvalue weighted by atomic mass is 10.2. The molecule has 2 rings (SSSR count). The van der Waals surface area contributed by atoms with Gasteiger partial charge in [0.15, 0.2) is 5.76 Å². The van der Waals surface area contributed by atoms with Crippen molar-refractivity contribution in [1.29, 1.82) is 0 Å². The van der Waals surface area contributed by atoms with Gasteiger partial charge in [-0.1, -0.05) is 16.8 Å². The normalized spacial score (nSPS) is 10.1. The summed E-state index contributed by atoms with van der Waals surface area (Å²) in [6, 6.07) is 4.84. The Hall–Kier alpha value is -1.88. The first-order valence-electron chi connectivity index (χ1n) is 4.55. The van der Waals surface area contributed by atoms with E-state index in [2.05, 4.69) is 15.5 Å². The zero-order valence-electron chi connectivity index (χ0n) is 8.18. The Labute approximate surface area is 96.4 Å². The molecule has 1 N–H and O–H groups in total. The van der Waals surface area contributed by atoms with E-state index in [0.717, 1.165) is 0 Å². The van der Waals surface area contributed by atoms with Gasteiger partial charge in [-0.05, 0) is 12.1 Å². The van der Waals surface area contributed by atoms with Gasteiger partial charge >= 0.3 is 0 Å². The highest BCUT2D eigenvalue weighted by Gasteiger charge is 2.06. The van der Waals surface area contributed by atoms with Gasteiger partial charge in [0.25, 0.3) is 5.91 Å². The van der Waals surface area contributed by atoms with Crippen molar-refractivity contribution in [3.8, 4) is 0 Å². The fourth-order valence-electron chi connectivity index (χ4n) is 1.11. The van der Waals surface area contributed by atoms with Crippen LogP contribution in [0.3, 0.4) is 0 Å². The zero-order chi connectivity index (χ0) is 11.4. The fraction of sp³-hybridized carbons (Fsp3) is 0.100. The predicted molar refractivity (Wildman–Crippen MR) is 56.9 cm³/mol. The van der Waals surface area contributed by atoms with Crippen LogP contribution in [0.2, 0.25) is 5.15 Å². The molecule has 2 heterocycles. The van der Waals surface area contributed by atoms with Crippen molar-refractivity contribution in [3.63, 3.8) is 0 Å². The Balaban J connectivity index is 1.95. The van der Waals surface area contributed by atoms with E-state index in [9.17, 15) is 4.79 Å². The lowest BCUT2D eigenvalue weighted by Crippen LogP contribution is -2.22. The first kappa shape index (κ1) is 10.6. The summed E-state index contributed by atoms with van der Waals surface area (Å²) in [5.74, 6) is 0.357. The summed E-state index contributed by atoms with van der Waals surface area (Å²) in [5, 5.41) is 6.55. The quantitative estimate of drug-likeness (QED) is 0.825. The molecule has 1 amide bonds. The van der Waals surface area contributed by atoms with E-state index in [4.69, 9.17) is 16.1 Å². The number of halogens is 1. The average Bonchev–Trinajstić information content (AvgIpc) is 2.80. The van der Waals surface area contributed by atoms with Crippen molar-refractivity contribution < 1.29 is 9.32 Å². The first-order valence-corrected chi connectivity index (χ1v) is 4.93. The molecule has 2 aromatic rings. The molecule has 0 saturated carbocycles. The Morgan fingerprint density at radius 3 is 2.94 bits per heavy atom. The second-order valence-corrected chi connectivity index (χ2v) is 3.42. The molecule has 0 aliphatic rings. The minimum Gasteiger partial charge on any atom is -0.360 e. The summed E-state index contributed by atoms with van der Waals surface area (Å²) in [4.78, 5) is 15.4. The molecule has 0 aromatic carbocycles. The Morgan fingerprint density at radius 2 is 2.31 bits per heavy atom. The average molecular weight is 238 g/mol. The summed E-state index contributed by atoms with van der Waals surface area (Å²) in [6.07, 6.45) is 2.93. The first-order chi connectivity index (χ1) is 7.75. The number of nitrogens with one attached hydrogen (secondary N) is 1.